The lowest BCUT2D eigenvalue weighted by Gasteiger charge is -2.15. The summed E-state index contributed by atoms with van der Waals surface area (Å²) < 4.78 is 3.72. The van der Waals surface area contributed by atoms with E-state index >= 15 is 0 Å². The molecule has 0 fully saturated rings. The van der Waals surface area contributed by atoms with Gasteiger partial charge < -0.3 is 0 Å². The quantitative estimate of drug-likeness (QED) is 0.283. The zero-order valence-electron chi connectivity index (χ0n) is 17.8. The van der Waals surface area contributed by atoms with Gasteiger partial charge >= 0.3 is 0 Å². The molecule has 6 rings (SSSR count). The summed E-state index contributed by atoms with van der Waals surface area (Å²) in [6.07, 6.45) is 8.80. The molecular formula is C24H21N5OS2. The number of thioether (sulfide) groups is 1. The molecule has 0 saturated carbocycles. The zero-order chi connectivity index (χ0) is 21.8. The lowest BCUT2D eigenvalue weighted by Crippen LogP contribution is -2.22. The number of benzene rings is 1. The van der Waals surface area contributed by atoms with Crippen LogP contribution in [0.25, 0.3) is 21.7 Å². The van der Waals surface area contributed by atoms with Crippen LogP contribution in [0.1, 0.15) is 33.7 Å². The third-order valence-electron chi connectivity index (χ3n) is 5.94. The van der Waals surface area contributed by atoms with E-state index in [4.69, 9.17) is 4.98 Å². The van der Waals surface area contributed by atoms with Gasteiger partial charge in [-0.25, -0.2) is 15.0 Å². The third-order valence-corrected chi connectivity index (χ3v) is 8.09. The second-order valence-electron chi connectivity index (χ2n) is 8.21. The van der Waals surface area contributed by atoms with Gasteiger partial charge in [0.15, 0.2) is 5.16 Å². The lowest BCUT2D eigenvalue weighted by molar-refractivity contribution is 0.814. The molecule has 5 aromatic rings. The van der Waals surface area contributed by atoms with Crippen molar-refractivity contribution in [1.29, 1.82) is 0 Å². The van der Waals surface area contributed by atoms with Crippen LogP contribution in [0.3, 0.4) is 0 Å². The predicted molar refractivity (Wildman–Crippen MR) is 129 cm³/mol. The van der Waals surface area contributed by atoms with Crippen LogP contribution in [0.2, 0.25) is 0 Å². The van der Waals surface area contributed by atoms with Crippen molar-refractivity contribution in [3.8, 4) is 5.69 Å². The van der Waals surface area contributed by atoms with Crippen LogP contribution in [-0.2, 0) is 18.6 Å². The van der Waals surface area contributed by atoms with Crippen LogP contribution < -0.4 is 5.56 Å². The normalized spacial score (nSPS) is 13.3. The highest BCUT2D eigenvalue weighted by molar-refractivity contribution is 7.98. The minimum absolute atomic E-state index is 0.0421. The number of aromatic nitrogens is 5. The summed E-state index contributed by atoms with van der Waals surface area (Å²) in [7, 11) is 0. The molecule has 6 nitrogen and oxygen atoms in total. The van der Waals surface area contributed by atoms with Gasteiger partial charge in [-0.05, 0) is 56.4 Å². The van der Waals surface area contributed by atoms with E-state index in [0.29, 0.717) is 16.7 Å². The maximum absolute atomic E-state index is 13.8. The molecule has 0 atom stereocenters. The Morgan fingerprint density at radius 3 is 2.94 bits per heavy atom. The summed E-state index contributed by atoms with van der Waals surface area (Å²) in [6, 6.07) is 8.09. The topological polar surface area (TPSA) is 65.1 Å². The average Bonchev–Trinajstić information content (AvgIpc) is 3.46. The van der Waals surface area contributed by atoms with Gasteiger partial charge in [-0.1, -0.05) is 29.5 Å². The fourth-order valence-electron chi connectivity index (χ4n) is 4.48. The smallest absolute Gasteiger partial charge is 0.267 e. The van der Waals surface area contributed by atoms with E-state index in [2.05, 4.69) is 35.9 Å². The van der Waals surface area contributed by atoms with Gasteiger partial charge in [-0.3, -0.25) is 13.8 Å². The first-order valence-corrected chi connectivity index (χ1v) is 12.4. The zero-order valence-corrected chi connectivity index (χ0v) is 19.5. The Bertz CT molecular complexity index is 1530. The van der Waals surface area contributed by atoms with Crippen molar-refractivity contribution in [2.24, 2.45) is 0 Å². The van der Waals surface area contributed by atoms with Crippen molar-refractivity contribution in [2.45, 2.75) is 44.0 Å². The summed E-state index contributed by atoms with van der Waals surface area (Å²) in [4.78, 5) is 29.9. The Kier molecular flexibility index (Phi) is 4.66. The van der Waals surface area contributed by atoms with Gasteiger partial charge in [0.05, 0.1) is 16.8 Å². The minimum Gasteiger partial charge on any atom is -0.291 e. The van der Waals surface area contributed by atoms with Gasteiger partial charge in [-0.15, -0.1) is 11.3 Å². The first kappa shape index (κ1) is 19.7. The number of nitrogens with zero attached hydrogens (tertiary/aromatic N) is 5. The monoisotopic (exact) mass is 459 g/mol. The molecule has 32 heavy (non-hydrogen) atoms. The highest BCUT2D eigenvalue weighted by Crippen LogP contribution is 2.36. The van der Waals surface area contributed by atoms with E-state index in [-0.39, 0.29) is 5.56 Å². The summed E-state index contributed by atoms with van der Waals surface area (Å²) in [5.74, 6) is 1.28. The molecule has 4 heterocycles. The first-order valence-electron chi connectivity index (χ1n) is 10.6. The fourth-order valence-corrected chi connectivity index (χ4v) is 6.67. The number of hydrogen-bond acceptors (Lipinski definition) is 6. The number of rotatable bonds is 4. The molecule has 4 aromatic heterocycles. The number of thiophene rings is 1. The highest BCUT2D eigenvalue weighted by atomic mass is 32.2. The second kappa shape index (κ2) is 7.56. The van der Waals surface area contributed by atoms with Crippen molar-refractivity contribution in [3.05, 3.63) is 80.5 Å². The Morgan fingerprint density at radius 1 is 1.19 bits per heavy atom. The molecule has 0 bridgehead atoms. The van der Waals surface area contributed by atoms with Gasteiger partial charge in [0.25, 0.3) is 5.56 Å². The summed E-state index contributed by atoms with van der Waals surface area (Å²) >= 11 is 3.23. The fraction of sp³-hybridized carbons (Fsp3) is 0.250. The molecule has 0 unspecified atom stereocenters. The van der Waals surface area contributed by atoms with Crippen LogP contribution in [0.5, 0.6) is 0 Å². The van der Waals surface area contributed by atoms with E-state index in [0.717, 1.165) is 46.4 Å². The molecule has 1 aliphatic carbocycles. The van der Waals surface area contributed by atoms with E-state index in [9.17, 15) is 4.79 Å². The highest BCUT2D eigenvalue weighted by Gasteiger charge is 2.24. The maximum atomic E-state index is 13.8. The standard InChI is InChI=1S/C24H21N5OS2/c1-14-7-8-18(15(2)11-14)29-22(30)20-17-5-3-6-19(17)32-21(20)27-24(29)31-13-16-12-28-10-4-9-25-23(28)26-16/h4,7-12H,3,5-6,13H2,1-2H3. The molecule has 0 spiro atoms. The summed E-state index contributed by atoms with van der Waals surface area (Å²) in [6.45, 7) is 4.12. The van der Waals surface area contributed by atoms with Crippen molar-refractivity contribution < 1.29 is 0 Å². The number of imidazole rings is 1. The van der Waals surface area contributed by atoms with E-state index in [1.165, 1.54) is 16.0 Å². The Balaban J connectivity index is 1.50. The SMILES string of the molecule is Cc1ccc(-n2c(SCc3cn4cccnc4n3)nc3sc4c(c3c2=O)CCC4)c(C)c1. The Labute approximate surface area is 193 Å². The number of hydrogen-bond donors (Lipinski definition) is 0. The Hall–Kier alpha value is -2.97. The molecule has 0 N–H and O–H groups in total. The first-order chi connectivity index (χ1) is 15.6. The molecule has 8 heteroatoms. The average molecular weight is 460 g/mol. The maximum Gasteiger partial charge on any atom is 0.267 e. The van der Waals surface area contributed by atoms with Crippen molar-refractivity contribution in [3.63, 3.8) is 0 Å². The lowest BCUT2D eigenvalue weighted by atomic mass is 10.1. The molecule has 1 aromatic carbocycles. The van der Waals surface area contributed by atoms with Gasteiger partial charge in [-0.2, -0.15) is 0 Å². The Morgan fingerprint density at radius 2 is 2.09 bits per heavy atom. The van der Waals surface area contributed by atoms with E-state index in [1.807, 2.05) is 28.9 Å². The van der Waals surface area contributed by atoms with Crippen LogP contribution in [0.4, 0.5) is 0 Å². The van der Waals surface area contributed by atoms with Crippen LogP contribution in [0.15, 0.2) is 52.8 Å². The summed E-state index contributed by atoms with van der Waals surface area (Å²) in [5, 5.41) is 1.52. The van der Waals surface area contributed by atoms with Gasteiger partial charge in [0.1, 0.15) is 4.83 Å². The van der Waals surface area contributed by atoms with Crippen LogP contribution in [0, 0.1) is 13.8 Å². The summed E-state index contributed by atoms with van der Waals surface area (Å²) in [5.41, 5.74) is 5.30. The molecule has 0 amide bonds. The second-order valence-corrected chi connectivity index (χ2v) is 10.2. The molecule has 1 aliphatic rings. The van der Waals surface area contributed by atoms with Crippen molar-refractivity contribution >= 4 is 39.1 Å². The minimum atomic E-state index is 0.0421. The van der Waals surface area contributed by atoms with E-state index < -0.39 is 0 Å². The molecule has 0 aliphatic heterocycles. The van der Waals surface area contributed by atoms with Crippen molar-refractivity contribution in [2.75, 3.05) is 0 Å². The number of aryl methyl sites for hydroxylation is 4. The van der Waals surface area contributed by atoms with Crippen LogP contribution in [-0.4, -0.2) is 23.9 Å². The third kappa shape index (κ3) is 3.17. The molecule has 0 radical (unpaired) electrons. The van der Waals surface area contributed by atoms with Crippen LogP contribution >= 0.6 is 23.1 Å². The predicted octanol–water partition coefficient (Wildman–Crippen LogP) is 4.89. The van der Waals surface area contributed by atoms with E-state index in [1.54, 1.807) is 33.9 Å². The van der Waals surface area contributed by atoms with Gasteiger partial charge in [0.2, 0.25) is 5.78 Å². The molecule has 0 saturated heterocycles. The molecular weight excluding hydrogens is 438 g/mol. The van der Waals surface area contributed by atoms with Crippen molar-refractivity contribution in [1.82, 2.24) is 23.9 Å². The number of fused-ring (bicyclic) bond motifs is 4. The van der Waals surface area contributed by atoms with Gasteiger partial charge in [0, 0.05) is 29.2 Å². The largest absolute Gasteiger partial charge is 0.291 e. The molecule has 160 valence electrons.